The lowest BCUT2D eigenvalue weighted by molar-refractivity contribution is -0.122. The predicted molar refractivity (Wildman–Crippen MR) is 107 cm³/mol. The molecule has 3 N–H and O–H groups in total. The van der Waals surface area contributed by atoms with Crippen LogP contribution in [0.1, 0.15) is 0 Å². The quantitative estimate of drug-likeness (QED) is 0.424. The minimum atomic E-state index is -0.495. The lowest BCUT2D eigenvalue weighted by Gasteiger charge is -2.11. The van der Waals surface area contributed by atoms with Gasteiger partial charge < -0.3 is 5.32 Å². The van der Waals surface area contributed by atoms with E-state index in [0.717, 1.165) is 4.80 Å². The SMILES string of the molecule is O=C(Cn1nnc(-c2cc(Cl)cc(Cl)c2)n1)NNC(=S)Nc1ccccc1F. The molecule has 1 heterocycles. The summed E-state index contributed by atoms with van der Waals surface area (Å²) in [6.45, 7) is -0.226. The van der Waals surface area contributed by atoms with Crippen molar-refractivity contribution in [2.24, 2.45) is 0 Å². The van der Waals surface area contributed by atoms with E-state index in [9.17, 15) is 9.18 Å². The minimum absolute atomic E-state index is 0.0132. The predicted octanol–water partition coefficient (Wildman–Crippen LogP) is 2.80. The molecule has 2 aromatic carbocycles. The molecular weight excluding hydrogens is 428 g/mol. The maximum Gasteiger partial charge on any atom is 0.262 e. The third-order valence-corrected chi connectivity index (χ3v) is 3.94. The van der Waals surface area contributed by atoms with Crippen molar-refractivity contribution in [1.82, 2.24) is 31.1 Å². The minimum Gasteiger partial charge on any atom is -0.329 e. The van der Waals surface area contributed by atoms with E-state index in [1.54, 1.807) is 30.3 Å². The molecule has 0 saturated heterocycles. The Balaban J connectivity index is 1.53. The molecule has 0 aliphatic rings. The van der Waals surface area contributed by atoms with Crippen molar-refractivity contribution in [2.75, 3.05) is 5.32 Å². The van der Waals surface area contributed by atoms with Crippen LogP contribution < -0.4 is 16.2 Å². The van der Waals surface area contributed by atoms with Crippen LogP contribution >= 0.6 is 35.4 Å². The van der Waals surface area contributed by atoms with Crippen LogP contribution in [0.3, 0.4) is 0 Å². The smallest absolute Gasteiger partial charge is 0.262 e. The van der Waals surface area contributed by atoms with Gasteiger partial charge in [0.2, 0.25) is 5.82 Å². The Morgan fingerprint density at radius 1 is 1.14 bits per heavy atom. The van der Waals surface area contributed by atoms with E-state index in [-0.39, 0.29) is 23.2 Å². The highest BCUT2D eigenvalue weighted by atomic mass is 35.5. The van der Waals surface area contributed by atoms with Gasteiger partial charge in [-0.25, -0.2) is 4.39 Å². The number of para-hydroxylation sites is 1. The number of tetrazole rings is 1. The van der Waals surface area contributed by atoms with Gasteiger partial charge in [-0.15, -0.1) is 10.2 Å². The molecule has 0 atom stereocenters. The van der Waals surface area contributed by atoms with Crippen LogP contribution in [0.15, 0.2) is 42.5 Å². The lowest BCUT2D eigenvalue weighted by Crippen LogP contribution is -2.45. The summed E-state index contributed by atoms with van der Waals surface area (Å²) in [5, 5.41) is 15.3. The number of hydrazine groups is 1. The number of halogens is 3. The van der Waals surface area contributed by atoms with E-state index in [4.69, 9.17) is 35.4 Å². The average Bonchev–Trinajstić information content (AvgIpc) is 3.10. The number of nitrogens with one attached hydrogen (secondary N) is 3. The fourth-order valence-electron chi connectivity index (χ4n) is 2.12. The molecule has 3 aromatic rings. The first kappa shape index (κ1) is 19.9. The molecule has 12 heteroatoms. The lowest BCUT2D eigenvalue weighted by atomic mass is 10.2. The molecule has 0 bridgehead atoms. The second-order valence-corrected chi connectivity index (χ2v) is 6.69. The third-order valence-electron chi connectivity index (χ3n) is 3.30. The Hall–Kier alpha value is -2.82. The summed E-state index contributed by atoms with van der Waals surface area (Å²) in [5.41, 5.74) is 5.56. The molecular formula is C16H12Cl2FN7OS. The zero-order valence-electron chi connectivity index (χ0n) is 14.0. The molecule has 1 amide bonds. The molecule has 3 rings (SSSR count). The van der Waals surface area contributed by atoms with E-state index >= 15 is 0 Å². The molecule has 8 nitrogen and oxygen atoms in total. The highest BCUT2D eigenvalue weighted by Crippen LogP contribution is 2.24. The number of anilines is 1. The normalized spacial score (nSPS) is 10.4. The first-order valence-corrected chi connectivity index (χ1v) is 8.92. The molecule has 0 radical (unpaired) electrons. The molecule has 1 aromatic heterocycles. The summed E-state index contributed by atoms with van der Waals surface area (Å²) < 4.78 is 13.5. The number of nitrogens with zero attached hydrogens (tertiary/aromatic N) is 4. The number of thiocarbonyl (C=S) groups is 1. The number of carbonyl (C=O) groups is 1. The van der Waals surface area contributed by atoms with Crippen LogP contribution in [0, 0.1) is 5.82 Å². The van der Waals surface area contributed by atoms with Gasteiger partial charge in [-0.05, 0) is 47.8 Å². The number of benzene rings is 2. The second-order valence-electron chi connectivity index (χ2n) is 5.41. The van der Waals surface area contributed by atoms with Gasteiger partial charge in [0, 0.05) is 15.6 Å². The van der Waals surface area contributed by atoms with Crippen molar-refractivity contribution in [1.29, 1.82) is 0 Å². The zero-order valence-corrected chi connectivity index (χ0v) is 16.3. The van der Waals surface area contributed by atoms with Crippen molar-refractivity contribution in [3.63, 3.8) is 0 Å². The Labute approximate surface area is 174 Å². The van der Waals surface area contributed by atoms with E-state index in [1.807, 2.05) is 0 Å². The second kappa shape index (κ2) is 8.91. The monoisotopic (exact) mass is 439 g/mol. The maximum atomic E-state index is 13.5. The van der Waals surface area contributed by atoms with Crippen LogP contribution in [0.25, 0.3) is 11.4 Å². The largest absolute Gasteiger partial charge is 0.329 e. The van der Waals surface area contributed by atoms with Gasteiger partial charge in [0.25, 0.3) is 5.91 Å². The molecule has 0 aliphatic carbocycles. The van der Waals surface area contributed by atoms with Gasteiger partial charge in [0.1, 0.15) is 12.4 Å². The Bertz CT molecular complexity index is 1010. The van der Waals surface area contributed by atoms with Crippen molar-refractivity contribution in [3.8, 4) is 11.4 Å². The highest BCUT2D eigenvalue weighted by molar-refractivity contribution is 7.80. The van der Waals surface area contributed by atoms with Gasteiger partial charge in [-0.1, -0.05) is 35.3 Å². The van der Waals surface area contributed by atoms with Gasteiger partial charge in [0.15, 0.2) is 5.11 Å². The number of amides is 1. The Kier molecular flexibility index (Phi) is 6.34. The maximum absolute atomic E-state index is 13.5. The fourth-order valence-corrected chi connectivity index (χ4v) is 2.81. The van der Waals surface area contributed by atoms with Gasteiger partial charge >= 0.3 is 0 Å². The fraction of sp³-hybridized carbons (Fsp3) is 0.0625. The van der Waals surface area contributed by atoms with Crippen molar-refractivity contribution in [2.45, 2.75) is 6.54 Å². The van der Waals surface area contributed by atoms with Gasteiger partial charge in [0.05, 0.1) is 5.69 Å². The molecule has 0 spiro atoms. The molecule has 0 fully saturated rings. The van der Waals surface area contributed by atoms with Crippen molar-refractivity contribution >= 4 is 52.1 Å². The summed E-state index contributed by atoms with van der Waals surface area (Å²) in [7, 11) is 0. The highest BCUT2D eigenvalue weighted by Gasteiger charge is 2.11. The topological polar surface area (TPSA) is 96.8 Å². The number of rotatable bonds is 4. The Morgan fingerprint density at radius 3 is 2.57 bits per heavy atom. The third kappa shape index (κ3) is 5.35. The van der Waals surface area contributed by atoms with E-state index < -0.39 is 11.7 Å². The summed E-state index contributed by atoms with van der Waals surface area (Å²) >= 11 is 16.9. The number of hydrogen-bond acceptors (Lipinski definition) is 5. The summed E-state index contributed by atoms with van der Waals surface area (Å²) in [6.07, 6.45) is 0. The first-order chi connectivity index (χ1) is 13.4. The average molecular weight is 440 g/mol. The number of carbonyl (C=O) groups excluding carboxylic acids is 1. The van der Waals surface area contributed by atoms with Crippen molar-refractivity contribution in [3.05, 3.63) is 58.3 Å². The van der Waals surface area contributed by atoms with E-state index in [0.29, 0.717) is 15.6 Å². The van der Waals surface area contributed by atoms with Crippen molar-refractivity contribution < 1.29 is 9.18 Å². The number of aromatic nitrogens is 4. The molecule has 28 heavy (non-hydrogen) atoms. The van der Waals surface area contributed by atoms with Crippen LogP contribution in [0.4, 0.5) is 10.1 Å². The van der Waals surface area contributed by atoms with Crippen LogP contribution in [0.2, 0.25) is 10.0 Å². The summed E-state index contributed by atoms with van der Waals surface area (Å²) in [5.74, 6) is -0.703. The molecule has 0 aliphatic heterocycles. The van der Waals surface area contributed by atoms with Gasteiger partial charge in [-0.3, -0.25) is 15.6 Å². The first-order valence-electron chi connectivity index (χ1n) is 7.75. The van der Waals surface area contributed by atoms with E-state index in [2.05, 4.69) is 31.6 Å². The van der Waals surface area contributed by atoms with Crippen LogP contribution in [-0.4, -0.2) is 31.2 Å². The van der Waals surface area contributed by atoms with Gasteiger partial charge in [-0.2, -0.15) is 4.80 Å². The summed E-state index contributed by atoms with van der Waals surface area (Å²) in [4.78, 5) is 13.1. The van der Waals surface area contributed by atoms with Crippen LogP contribution in [0.5, 0.6) is 0 Å². The zero-order chi connectivity index (χ0) is 20.1. The molecule has 0 unspecified atom stereocenters. The van der Waals surface area contributed by atoms with E-state index in [1.165, 1.54) is 12.1 Å². The number of hydrogen-bond donors (Lipinski definition) is 3. The standard InChI is InChI=1S/C16H12Cl2FN7OS/c17-10-5-9(6-11(18)7-10)15-22-25-26(24-15)8-14(27)21-23-16(28)20-13-4-2-1-3-12(13)19/h1-7H,8H2,(H,21,27)(H2,20,23,28). The molecule has 0 saturated carbocycles. The van der Waals surface area contributed by atoms with Crippen LogP contribution in [-0.2, 0) is 11.3 Å². The molecule has 144 valence electrons. The Morgan fingerprint density at radius 2 is 1.86 bits per heavy atom. The summed E-state index contributed by atoms with van der Waals surface area (Å²) in [6, 6.07) is 10.8.